The van der Waals surface area contributed by atoms with Gasteiger partial charge in [-0.2, -0.15) is 4.99 Å². The van der Waals surface area contributed by atoms with Gasteiger partial charge in [-0.25, -0.2) is 0 Å². The average molecular weight is 429 g/mol. The number of amides is 1. The lowest BCUT2D eigenvalue weighted by molar-refractivity contribution is 0.0997. The maximum absolute atomic E-state index is 12.9. The molecule has 2 aromatic carbocycles. The smallest absolute Gasteiger partial charge is 0.279 e. The lowest BCUT2D eigenvalue weighted by Crippen LogP contribution is -2.16. The van der Waals surface area contributed by atoms with Crippen LogP contribution in [0.3, 0.4) is 0 Å². The third-order valence-corrected chi connectivity index (χ3v) is 6.24. The Morgan fingerprint density at radius 2 is 1.97 bits per heavy atom. The second-order valence-electron chi connectivity index (χ2n) is 6.54. The number of methoxy groups -OCH3 is 2. The Balaban J connectivity index is 2.15. The van der Waals surface area contributed by atoms with E-state index in [2.05, 4.69) is 25.4 Å². The number of thiazole rings is 1. The first kappa shape index (κ1) is 21.2. The van der Waals surface area contributed by atoms with Crippen LogP contribution in [0, 0.1) is 0 Å². The summed E-state index contributed by atoms with van der Waals surface area (Å²) in [6.07, 6.45) is 1.77. The molecule has 0 N–H and O–H groups in total. The van der Waals surface area contributed by atoms with Crippen molar-refractivity contribution in [2.75, 3.05) is 14.2 Å². The second-order valence-corrected chi connectivity index (χ2v) is 9.17. The molecule has 7 heteroatoms. The van der Waals surface area contributed by atoms with Gasteiger partial charge in [0.2, 0.25) is 0 Å². The van der Waals surface area contributed by atoms with Crippen LogP contribution in [-0.4, -0.2) is 29.9 Å². The van der Waals surface area contributed by atoms with E-state index in [0.29, 0.717) is 33.7 Å². The molecule has 1 amide bonds. The summed E-state index contributed by atoms with van der Waals surface area (Å²) in [6, 6.07) is 11.3. The lowest BCUT2D eigenvalue weighted by Gasteiger charge is -2.08. The maximum Gasteiger partial charge on any atom is 0.279 e. The van der Waals surface area contributed by atoms with Gasteiger partial charge in [-0.3, -0.25) is 4.79 Å². The molecule has 0 aliphatic heterocycles. The van der Waals surface area contributed by atoms with Crippen molar-refractivity contribution in [2.24, 2.45) is 4.99 Å². The van der Waals surface area contributed by atoms with Crippen LogP contribution in [0.2, 0.25) is 0 Å². The first-order valence-corrected chi connectivity index (χ1v) is 10.9. The topological polar surface area (TPSA) is 52.8 Å². The highest BCUT2D eigenvalue weighted by Gasteiger charge is 2.16. The number of nitrogens with zero attached hydrogens (tertiary/aromatic N) is 2. The van der Waals surface area contributed by atoms with Gasteiger partial charge in [0.25, 0.3) is 5.91 Å². The number of allylic oxidation sites excluding steroid dienone is 1. The van der Waals surface area contributed by atoms with Crippen LogP contribution < -0.4 is 14.3 Å². The summed E-state index contributed by atoms with van der Waals surface area (Å²) >= 11 is 3.12. The maximum atomic E-state index is 12.9. The van der Waals surface area contributed by atoms with Gasteiger partial charge < -0.3 is 14.0 Å². The van der Waals surface area contributed by atoms with Crippen LogP contribution in [-0.2, 0) is 6.54 Å². The van der Waals surface area contributed by atoms with Crippen molar-refractivity contribution in [1.29, 1.82) is 0 Å². The number of rotatable bonds is 7. The van der Waals surface area contributed by atoms with Crippen molar-refractivity contribution in [3.05, 3.63) is 59.4 Å². The zero-order chi connectivity index (χ0) is 21.0. The van der Waals surface area contributed by atoms with E-state index in [1.54, 1.807) is 38.1 Å². The van der Waals surface area contributed by atoms with E-state index < -0.39 is 0 Å². The number of ether oxygens (including phenoxy) is 2. The fourth-order valence-electron chi connectivity index (χ4n) is 2.96. The SMILES string of the molecule is C=CCn1c(=NC(=O)c2cccc(SC(C)C)c2)sc2c(OC)ccc(OC)c21. The molecule has 1 aromatic heterocycles. The summed E-state index contributed by atoms with van der Waals surface area (Å²) in [4.78, 5) is 19.0. The Hall–Kier alpha value is -2.51. The Morgan fingerprint density at radius 1 is 1.24 bits per heavy atom. The normalized spacial score (nSPS) is 11.8. The highest BCUT2D eigenvalue weighted by Crippen LogP contribution is 2.35. The number of benzene rings is 2. The monoisotopic (exact) mass is 428 g/mol. The van der Waals surface area contributed by atoms with Crippen molar-refractivity contribution >= 4 is 39.2 Å². The van der Waals surface area contributed by atoms with E-state index >= 15 is 0 Å². The predicted octanol–water partition coefficient (Wildman–Crippen LogP) is 5.15. The molecule has 3 aromatic rings. The highest BCUT2D eigenvalue weighted by molar-refractivity contribution is 7.99. The lowest BCUT2D eigenvalue weighted by atomic mass is 10.2. The van der Waals surface area contributed by atoms with Gasteiger partial charge in [-0.15, -0.1) is 18.3 Å². The van der Waals surface area contributed by atoms with Gasteiger partial charge in [-0.1, -0.05) is 37.3 Å². The highest BCUT2D eigenvalue weighted by atomic mass is 32.2. The standard InChI is InChI=1S/C22H24N2O3S2/c1-6-12-24-19-17(26-4)10-11-18(27-5)20(19)29-22(24)23-21(25)15-8-7-9-16(13-15)28-14(2)3/h6-11,13-14H,1,12H2,2-5H3. The quantitative estimate of drug-likeness (QED) is 0.386. The number of hydrogen-bond acceptors (Lipinski definition) is 5. The molecule has 0 aliphatic carbocycles. The fraction of sp³-hybridized carbons (Fsp3) is 0.273. The van der Waals surface area contributed by atoms with Gasteiger partial charge in [0.15, 0.2) is 4.80 Å². The van der Waals surface area contributed by atoms with Crippen molar-refractivity contribution in [3.63, 3.8) is 0 Å². The summed E-state index contributed by atoms with van der Waals surface area (Å²) in [5.74, 6) is 1.13. The summed E-state index contributed by atoms with van der Waals surface area (Å²) in [6.45, 7) is 8.59. The molecule has 1 heterocycles. The summed E-state index contributed by atoms with van der Waals surface area (Å²) in [5, 5.41) is 0.439. The van der Waals surface area contributed by atoms with E-state index in [1.807, 2.05) is 34.9 Å². The largest absolute Gasteiger partial charge is 0.495 e. The van der Waals surface area contributed by atoms with Gasteiger partial charge in [0, 0.05) is 22.3 Å². The van der Waals surface area contributed by atoms with Gasteiger partial charge in [-0.05, 0) is 30.3 Å². The van der Waals surface area contributed by atoms with Crippen LogP contribution in [0.1, 0.15) is 24.2 Å². The average Bonchev–Trinajstić information content (AvgIpc) is 3.05. The van der Waals surface area contributed by atoms with Gasteiger partial charge in [0.05, 0.1) is 14.2 Å². The minimum Gasteiger partial charge on any atom is -0.495 e. The van der Waals surface area contributed by atoms with Crippen LogP contribution in [0.4, 0.5) is 0 Å². The van der Waals surface area contributed by atoms with Gasteiger partial charge >= 0.3 is 0 Å². The molecule has 0 spiro atoms. The van der Waals surface area contributed by atoms with Crippen molar-refractivity contribution in [2.45, 2.75) is 30.5 Å². The molecule has 29 heavy (non-hydrogen) atoms. The van der Waals surface area contributed by atoms with E-state index in [1.165, 1.54) is 11.3 Å². The Bertz CT molecular complexity index is 1110. The molecule has 0 radical (unpaired) electrons. The molecule has 0 atom stereocenters. The zero-order valence-electron chi connectivity index (χ0n) is 17.0. The summed E-state index contributed by atoms with van der Waals surface area (Å²) in [7, 11) is 3.25. The Labute approximate surface area is 178 Å². The number of fused-ring (bicyclic) bond motifs is 1. The van der Waals surface area contributed by atoms with Crippen LogP contribution in [0.5, 0.6) is 11.5 Å². The minimum absolute atomic E-state index is 0.279. The first-order chi connectivity index (χ1) is 14.0. The number of carbonyl (C=O) groups excluding carboxylic acids is 1. The predicted molar refractivity (Wildman–Crippen MR) is 120 cm³/mol. The molecule has 152 valence electrons. The molecule has 3 rings (SSSR count). The third kappa shape index (κ3) is 4.57. The van der Waals surface area contributed by atoms with E-state index in [-0.39, 0.29) is 5.91 Å². The fourth-order valence-corrected chi connectivity index (χ4v) is 5.01. The molecular formula is C22H24N2O3S2. The summed E-state index contributed by atoms with van der Waals surface area (Å²) in [5.41, 5.74) is 1.41. The number of aromatic nitrogens is 1. The molecule has 0 saturated carbocycles. The Morgan fingerprint density at radius 3 is 2.62 bits per heavy atom. The zero-order valence-corrected chi connectivity index (χ0v) is 18.6. The molecule has 0 fully saturated rings. The first-order valence-electron chi connectivity index (χ1n) is 9.19. The Kier molecular flexibility index (Phi) is 6.82. The van der Waals surface area contributed by atoms with E-state index in [0.717, 1.165) is 15.1 Å². The number of thioether (sulfide) groups is 1. The van der Waals surface area contributed by atoms with Crippen molar-refractivity contribution in [3.8, 4) is 11.5 Å². The molecule has 0 bridgehead atoms. The van der Waals surface area contributed by atoms with E-state index in [9.17, 15) is 4.79 Å². The van der Waals surface area contributed by atoms with E-state index in [4.69, 9.17) is 9.47 Å². The molecule has 0 saturated heterocycles. The van der Waals surface area contributed by atoms with Crippen molar-refractivity contribution < 1.29 is 14.3 Å². The molecular weight excluding hydrogens is 404 g/mol. The molecule has 0 unspecified atom stereocenters. The second kappa shape index (κ2) is 9.33. The number of carbonyl (C=O) groups is 1. The van der Waals surface area contributed by atoms with Gasteiger partial charge in [0.1, 0.15) is 21.7 Å². The molecule has 5 nitrogen and oxygen atoms in total. The van der Waals surface area contributed by atoms with Crippen LogP contribution in [0.15, 0.2) is 58.9 Å². The van der Waals surface area contributed by atoms with Crippen LogP contribution >= 0.6 is 23.1 Å². The number of hydrogen-bond donors (Lipinski definition) is 0. The summed E-state index contributed by atoms with van der Waals surface area (Å²) < 4.78 is 13.8. The minimum atomic E-state index is -0.279. The van der Waals surface area contributed by atoms with Crippen LogP contribution in [0.25, 0.3) is 10.2 Å². The third-order valence-electron chi connectivity index (χ3n) is 4.15. The molecule has 0 aliphatic rings. The van der Waals surface area contributed by atoms with Crippen molar-refractivity contribution in [1.82, 2.24) is 4.57 Å².